The van der Waals surface area contributed by atoms with Crippen LogP contribution in [-0.2, 0) is 0 Å². The monoisotopic (exact) mass is 434 g/mol. The largest absolute Gasteiger partial charge is 0.497 e. The predicted octanol–water partition coefficient (Wildman–Crippen LogP) is 5.77. The molecule has 33 heavy (non-hydrogen) atoms. The van der Waals surface area contributed by atoms with Gasteiger partial charge in [-0.1, -0.05) is 24.3 Å². The molecule has 162 valence electrons. The van der Waals surface area contributed by atoms with Gasteiger partial charge in [-0.3, -0.25) is 4.98 Å². The van der Waals surface area contributed by atoms with Crippen LogP contribution in [0.5, 0.6) is 5.75 Å². The number of aromatic nitrogens is 3. The molecule has 3 aromatic carbocycles. The molecule has 4 N–H and O–H groups in total. The van der Waals surface area contributed by atoms with Gasteiger partial charge in [0.05, 0.1) is 23.9 Å². The van der Waals surface area contributed by atoms with Crippen molar-refractivity contribution >= 4 is 39.5 Å². The molecule has 0 saturated heterocycles. The summed E-state index contributed by atoms with van der Waals surface area (Å²) in [6, 6.07) is 25.1. The first kappa shape index (κ1) is 20.3. The minimum Gasteiger partial charge on any atom is -0.497 e. The summed E-state index contributed by atoms with van der Waals surface area (Å²) in [4.78, 5) is 13.8. The molecule has 2 aromatic heterocycles. The Bertz CT molecular complexity index is 1420. The van der Waals surface area contributed by atoms with Gasteiger partial charge in [0.25, 0.3) is 0 Å². The number of para-hydroxylation sites is 1. The van der Waals surface area contributed by atoms with Gasteiger partial charge in [0.2, 0.25) is 0 Å². The van der Waals surface area contributed by atoms with Gasteiger partial charge in [-0.25, -0.2) is 9.97 Å². The van der Waals surface area contributed by atoms with E-state index in [1.54, 1.807) is 19.5 Å². The Labute approximate surface area is 191 Å². The van der Waals surface area contributed by atoms with Gasteiger partial charge in [-0.2, -0.15) is 0 Å². The number of ether oxygens (including phenoxy) is 1. The molecule has 0 radical (unpaired) electrons. The van der Waals surface area contributed by atoms with E-state index in [2.05, 4.69) is 15.6 Å². The predicted molar refractivity (Wildman–Crippen MR) is 133 cm³/mol. The van der Waals surface area contributed by atoms with Crippen molar-refractivity contribution in [3.8, 4) is 17.1 Å². The Hall–Kier alpha value is -4.65. The van der Waals surface area contributed by atoms with Crippen LogP contribution in [0.15, 0.2) is 91.3 Å². The standard InChI is InChI=1S/C26H22N6O/c1-33-19-7-4-6-18(16-19)29-23-11-5-9-21(27)24(23)26-31-22-10-3-2-8-20(22)25(32-26)30-17-12-14-28-15-13-17/h2-16,29H,27H2,1H3,(H,28,30,31,32). The molecule has 0 aliphatic carbocycles. The number of hydrogen-bond donors (Lipinski definition) is 3. The average molecular weight is 435 g/mol. The smallest absolute Gasteiger partial charge is 0.166 e. The minimum atomic E-state index is 0.522. The van der Waals surface area contributed by atoms with Crippen LogP contribution < -0.4 is 21.1 Å². The third kappa shape index (κ3) is 4.24. The molecule has 0 saturated carbocycles. The first-order valence-corrected chi connectivity index (χ1v) is 10.4. The Morgan fingerprint density at radius 3 is 2.45 bits per heavy atom. The van der Waals surface area contributed by atoms with Gasteiger partial charge < -0.3 is 21.1 Å². The first-order chi connectivity index (χ1) is 16.2. The summed E-state index contributed by atoms with van der Waals surface area (Å²) in [7, 11) is 1.64. The number of nitrogens with two attached hydrogens (primary N) is 1. The highest BCUT2D eigenvalue weighted by molar-refractivity contribution is 5.95. The lowest BCUT2D eigenvalue weighted by Crippen LogP contribution is -2.03. The number of benzene rings is 3. The zero-order valence-corrected chi connectivity index (χ0v) is 18.0. The Balaban J connectivity index is 1.63. The van der Waals surface area contributed by atoms with Gasteiger partial charge in [0.1, 0.15) is 11.6 Å². The van der Waals surface area contributed by atoms with Crippen molar-refractivity contribution in [3.05, 3.63) is 91.3 Å². The molecule has 0 unspecified atom stereocenters. The molecule has 5 aromatic rings. The van der Waals surface area contributed by atoms with Crippen LogP contribution in [0.25, 0.3) is 22.3 Å². The van der Waals surface area contributed by atoms with Crippen molar-refractivity contribution in [2.45, 2.75) is 0 Å². The zero-order valence-electron chi connectivity index (χ0n) is 18.0. The second-order valence-electron chi connectivity index (χ2n) is 7.40. The van der Waals surface area contributed by atoms with Crippen LogP contribution in [-0.4, -0.2) is 22.1 Å². The lowest BCUT2D eigenvalue weighted by molar-refractivity contribution is 0.415. The van der Waals surface area contributed by atoms with Crippen molar-refractivity contribution in [1.29, 1.82) is 0 Å². The summed E-state index contributed by atoms with van der Waals surface area (Å²) in [5, 5.41) is 7.74. The molecule has 5 rings (SSSR count). The van der Waals surface area contributed by atoms with Crippen LogP contribution in [0.3, 0.4) is 0 Å². The van der Waals surface area contributed by atoms with Crippen molar-refractivity contribution in [3.63, 3.8) is 0 Å². The van der Waals surface area contributed by atoms with E-state index in [1.807, 2.05) is 78.9 Å². The number of methoxy groups -OCH3 is 1. The number of pyridine rings is 1. The third-order valence-electron chi connectivity index (χ3n) is 5.22. The molecule has 7 heteroatoms. The highest BCUT2D eigenvalue weighted by Gasteiger charge is 2.16. The van der Waals surface area contributed by atoms with E-state index in [0.717, 1.165) is 39.3 Å². The normalized spacial score (nSPS) is 10.7. The summed E-state index contributed by atoms with van der Waals surface area (Å²) in [5.74, 6) is 1.97. The van der Waals surface area contributed by atoms with E-state index in [9.17, 15) is 0 Å². The Kier molecular flexibility index (Phi) is 5.43. The number of hydrogen-bond acceptors (Lipinski definition) is 7. The van der Waals surface area contributed by atoms with Gasteiger partial charge >= 0.3 is 0 Å². The number of fused-ring (bicyclic) bond motifs is 1. The van der Waals surface area contributed by atoms with E-state index < -0.39 is 0 Å². The molecule has 0 aliphatic rings. The molecule has 7 nitrogen and oxygen atoms in total. The molecular weight excluding hydrogens is 412 g/mol. The maximum Gasteiger partial charge on any atom is 0.166 e. The fraction of sp³-hybridized carbons (Fsp3) is 0.0385. The number of nitrogen functional groups attached to an aromatic ring is 1. The van der Waals surface area contributed by atoms with E-state index >= 15 is 0 Å². The second kappa shape index (κ2) is 8.84. The lowest BCUT2D eigenvalue weighted by Gasteiger charge is -2.16. The number of nitrogens with zero attached hydrogens (tertiary/aromatic N) is 3. The van der Waals surface area contributed by atoms with Crippen molar-refractivity contribution < 1.29 is 4.74 Å². The Morgan fingerprint density at radius 2 is 1.61 bits per heavy atom. The first-order valence-electron chi connectivity index (χ1n) is 10.4. The summed E-state index contributed by atoms with van der Waals surface area (Å²) in [5.41, 5.74) is 11.1. The van der Waals surface area contributed by atoms with Crippen molar-refractivity contribution in [2.75, 3.05) is 23.5 Å². The summed E-state index contributed by atoms with van der Waals surface area (Å²) in [6.07, 6.45) is 3.47. The summed E-state index contributed by atoms with van der Waals surface area (Å²) < 4.78 is 5.35. The molecule has 0 atom stereocenters. The van der Waals surface area contributed by atoms with Gasteiger partial charge in [-0.15, -0.1) is 0 Å². The molecule has 0 amide bonds. The summed E-state index contributed by atoms with van der Waals surface area (Å²) in [6.45, 7) is 0. The highest BCUT2D eigenvalue weighted by atomic mass is 16.5. The molecule has 0 spiro atoms. The van der Waals surface area contributed by atoms with Crippen LogP contribution in [0.4, 0.5) is 28.6 Å². The third-order valence-corrected chi connectivity index (χ3v) is 5.22. The van der Waals surface area contributed by atoms with Gasteiger partial charge in [0, 0.05) is 40.9 Å². The number of rotatable bonds is 6. The highest BCUT2D eigenvalue weighted by Crippen LogP contribution is 2.36. The number of nitrogens with one attached hydrogen (secondary N) is 2. The van der Waals surface area contributed by atoms with Crippen molar-refractivity contribution in [1.82, 2.24) is 15.0 Å². The topological polar surface area (TPSA) is 98.0 Å². The second-order valence-corrected chi connectivity index (χ2v) is 7.40. The maximum atomic E-state index is 6.44. The van der Waals surface area contributed by atoms with E-state index in [0.29, 0.717) is 17.3 Å². The molecule has 2 heterocycles. The minimum absolute atomic E-state index is 0.522. The quantitative estimate of drug-likeness (QED) is 0.292. The van der Waals surface area contributed by atoms with E-state index in [-0.39, 0.29) is 0 Å². The summed E-state index contributed by atoms with van der Waals surface area (Å²) >= 11 is 0. The SMILES string of the molecule is COc1cccc(Nc2cccc(N)c2-c2nc(Nc3ccncc3)c3ccccc3n2)c1. The molecule has 0 aliphatic heterocycles. The van der Waals surface area contributed by atoms with E-state index in [4.69, 9.17) is 20.4 Å². The van der Waals surface area contributed by atoms with Crippen LogP contribution in [0, 0.1) is 0 Å². The molecular formula is C26H22N6O. The van der Waals surface area contributed by atoms with Gasteiger partial charge in [0.15, 0.2) is 5.82 Å². The molecule has 0 bridgehead atoms. The van der Waals surface area contributed by atoms with Crippen molar-refractivity contribution in [2.24, 2.45) is 0 Å². The van der Waals surface area contributed by atoms with E-state index in [1.165, 1.54) is 0 Å². The van der Waals surface area contributed by atoms with Crippen LogP contribution in [0.2, 0.25) is 0 Å². The lowest BCUT2D eigenvalue weighted by atomic mass is 10.1. The van der Waals surface area contributed by atoms with Crippen LogP contribution >= 0.6 is 0 Å². The Morgan fingerprint density at radius 1 is 0.788 bits per heavy atom. The number of anilines is 5. The maximum absolute atomic E-state index is 6.44. The van der Waals surface area contributed by atoms with Crippen LogP contribution in [0.1, 0.15) is 0 Å². The fourth-order valence-electron chi connectivity index (χ4n) is 3.64. The fourth-order valence-corrected chi connectivity index (χ4v) is 3.64. The zero-order chi connectivity index (χ0) is 22.6. The molecule has 0 fully saturated rings. The average Bonchev–Trinajstić information content (AvgIpc) is 2.85. The van der Waals surface area contributed by atoms with Gasteiger partial charge in [-0.05, 0) is 48.5 Å².